The molecule has 13 heavy (non-hydrogen) atoms. The van der Waals surface area contributed by atoms with Crippen LogP contribution < -0.4 is 0 Å². The summed E-state index contributed by atoms with van der Waals surface area (Å²) in [5.74, 6) is -0.622. The molecule has 0 heterocycles. The van der Waals surface area contributed by atoms with E-state index < -0.39 is 5.92 Å². The second-order valence-corrected chi connectivity index (χ2v) is 3.46. The molecule has 3 nitrogen and oxygen atoms in total. The summed E-state index contributed by atoms with van der Waals surface area (Å²) in [5.41, 5.74) is 0. The minimum Gasteiger partial charge on any atom is -0.465 e. The Morgan fingerprint density at radius 1 is 1.54 bits per heavy atom. The Bertz CT molecular complexity index is 183. The van der Waals surface area contributed by atoms with Crippen LogP contribution in [0.3, 0.4) is 0 Å². The lowest BCUT2D eigenvalue weighted by Crippen LogP contribution is -2.25. The highest BCUT2D eigenvalue weighted by Crippen LogP contribution is 2.31. The van der Waals surface area contributed by atoms with Crippen molar-refractivity contribution >= 4 is 12.3 Å². The van der Waals surface area contributed by atoms with E-state index in [-0.39, 0.29) is 11.9 Å². The van der Waals surface area contributed by atoms with Gasteiger partial charge in [-0.3, -0.25) is 4.79 Å². The summed E-state index contributed by atoms with van der Waals surface area (Å²) >= 11 is 0. The Balaban J connectivity index is 2.49. The van der Waals surface area contributed by atoms with Gasteiger partial charge in [0.2, 0.25) is 0 Å². The lowest BCUT2D eigenvalue weighted by molar-refractivity contribution is -0.151. The fourth-order valence-electron chi connectivity index (χ4n) is 1.91. The predicted molar refractivity (Wildman–Crippen MR) is 48.1 cm³/mol. The topological polar surface area (TPSA) is 43.4 Å². The fraction of sp³-hybridized carbons (Fsp3) is 0.800. The van der Waals surface area contributed by atoms with Gasteiger partial charge in [0.05, 0.1) is 6.61 Å². The molecule has 3 heteroatoms. The summed E-state index contributed by atoms with van der Waals surface area (Å²) < 4.78 is 4.84. The lowest BCUT2D eigenvalue weighted by Gasteiger charge is -2.15. The van der Waals surface area contributed by atoms with Crippen molar-refractivity contribution in [3.8, 4) is 0 Å². The smallest absolute Gasteiger partial charge is 0.316 e. The molecule has 1 rings (SSSR count). The summed E-state index contributed by atoms with van der Waals surface area (Å²) in [6, 6.07) is 0. The number of carbonyl (C=O) groups is 2. The van der Waals surface area contributed by atoms with Crippen molar-refractivity contribution in [3.63, 3.8) is 0 Å². The Kier molecular flexibility index (Phi) is 3.93. The third-order valence-electron chi connectivity index (χ3n) is 2.61. The van der Waals surface area contributed by atoms with E-state index in [4.69, 9.17) is 4.74 Å². The van der Waals surface area contributed by atoms with Crippen molar-refractivity contribution in [1.82, 2.24) is 0 Å². The quantitative estimate of drug-likeness (QED) is 0.378. The third kappa shape index (κ3) is 2.54. The van der Waals surface area contributed by atoms with Gasteiger partial charge >= 0.3 is 5.97 Å². The molecule has 0 aromatic carbocycles. The zero-order chi connectivity index (χ0) is 9.68. The van der Waals surface area contributed by atoms with Gasteiger partial charge in [-0.2, -0.15) is 0 Å². The maximum atomic E-state index is 11.3. The number of hydrogen-bond acceptors (Lipinski definition) is 3. The zero-order valence-electron chi connectivity index (χ0n) is 7.99. The molecule has 0 amide bonds. The highest BCUT2D eigenvalue weighted by molar-refractivity contribution is 5.88. The van der Waals surface area contributed by atoms with Crippen LogP contribution in [0, 0.1) is 11.8 Å². The van der Waals surface area contributed by atoms with Crippen molar-refractivity contribution in [2.24, 2.45) is 11.8 Å². The summed E-state index contributed by atoms with van der Waals surface area (Å²) in [6.45, 7) is 2.12. The number of esters is 1. The van der Waals surface area contributed by atoms with Crippen LogP contribution in [0.5, 0.6) is 0 Å². The van der Waals surface area contributed by atoms with Crippen LogP contribution in [0.4, 0.5) is 0 Å². The Morgan fingerprint density at radius 3 is 2.62 bits per heavy atom. The minimum absolute atomic E-state index is 0.233. The predicted octanol–water partition coefficient (Wildman–Crippen LogP) is 1.55. The van der Waals surface area contributed by atoms with Crippen LogP contribution in [0.15, 0.2) is 0 Å². The van der Waals surface area contributed by atoms with Crippen molar-refractivity contribution < 1.29 is 14.3 Å². The second-order valence-electron chi connectivity index (χ2n) is 3.46. The molecule has 0 saturated heterocycles. The first-order valence-electron chi connectivity index (χ1n) is 4.91. The van der Waals surface area contributed by atoms with Gasteiger partial charge in [0.15, 0.2) is 0 Å². The summed E-state index contributed by atoms with van der Waals surface area (Å²) in [5, 5.41) is 0. The van der Waals surface area contributed by atoms with Gasteiger partial charge in [-0.1, -0.05) is 12.8 Å². The molecule has 1 aliphatic carbocycles. The van der Waals surface area contributed by atoms with Crippen molar-refractivity contribution in [2.75, 3.05) is 6.61 Å². The SMILES string of the molecule is CCOC(=O)C(C=O)C1CCCC1. The zero-order valence-corrected chi connectivity index (χ0v) is 7.99. The highest BCUT2D eigenvalue weighted by Gasteiger charge is 2.31. The Hall–Kier alpha value is -0.860. The van der Waals surface area contributed by atoms with Gasteiger partial charge in [-0.25, -0.2) is 0 Å². The number of ether oxygens (including phenoxy) is 1. The molecule has 0 aromatic rings. The molecular formula is C10H16O3. The van der Waals surface area contributed by atoms with Crippen molar-refractivity contribution in [3.05, 3.63) is 0 Å². The number of hydrogen-bond donors (Lipinski definition) is 0. The second kappa shape index (κ2) is 5.00. The van der Waals surface area contributed by atoms with Gasteiger partial charge in [-0.05, 0) is 25.7 Å². The number of rotatable bonds is 4. The van der Waals surface area contributed by atoms with E-state index in [1.807, 2.05) is 0 Å². The van der Waals surface area contributed by atoms with Crippen LogP contribution >= 0.6 is 0 Å². The van der Waals surface area contributed by atoms with Crippen LogP contribution in [0.25, 0.3) is 0 Å². The normalized spacial score (nSPS) is 19.8. The van der Waals surface area contributed by atoms with Crippen LogP contribution in [0.1, 0.15) is 32.6 Å². The summed E-state index contributed by atoms with van der Waals surface area (Å²) in [7, 11) is 0. The molecule has 0 aromatic heterocycles. The average Bonchev–Trinajstić information content (AvgIpc) is 2.59. The number of carbonyl (C=O) groups excluding carboxylic acids is 2. The minimum atomic E-state index is -0.512. The largest absolute Gasteiger partial charge is 0.465 e. The first-order chi connectivity index (χ1) is 6.29. The molecule has 74 valence electrons. The molecule has 0 N–H and O–H groups in total. The monoisotopic (exact) mass is 184 g/mol. The van der Waals surface area contributed by atoms with Crippen molar-refractivity contribution in [2.45, 2.75) is 32.6 Å². The van der Waals surface area contributed by atoms with Gasteiger partial charge in [-0.15, -0.1) is 0 Å². The van der Waals surface area contributed by atoms with Crippen LogP contribution in [-0.4, -0.2) is 18.9 Å². The number of aldehydes is 1. The summed E-state index contributed by atoms with van der Waals surface area (Å²) in [6.07, 6.45) is 4.99. The maximum absolute atomic E-state index is 11.3. The van der Waals surface area contributed by atoms with E-state index in [1.54, 1.807) is 6.92 Å². The lowest BCUT2D eigenvalue weighted by atomic mass is 9.92. The molecular weight excluding hydrogens is 168 g/mol. The first kappa shape index (κ1) is 10.2. The molecule has 1 aliphatic rings. The van der Waals surface area contributed by atoms with Crippen LogP contribution in [0.2, 0.25) is 0 Å². The Labute approximate surface area is 78.5 Å². The van der Waals surface area contributed by atoms with Gasteiger partial charge in [0.25, 0.3) is 0 Å². The third-order valence-corrected chi connectivity index (χ3v) is 2.61. The molecule has 1 atom stereocenters. The maximum Gasteiger partial charge on any atom is 0.316 e. The Morgan fingerprint density at radius 2 is 2.15 bits per heavy atom. The molecule has 1 saturated carbocycles. The van der Waals surface area contributed by atoms with Gasteiger partial charge < -0.3 is 9.53 Å². The van der Waals surface area contributed by atoms with E-state index in [0.29, 0.717) is 6.61 Å². The standard InChI is InChI=1S/C10H16O3/c1-2-13-10(12)9(7-11)8-5-3-4-6-8/h7-9H,2-6H2,1H3. The molecule has 0 aliphatic heterocycles. The molecule has 0 spiro atoms. The average molecular weight is 184 g/mol. The van der Waals surface area contributed by atoms with Crippen molar-refractivity contribution in [1.29, 1.82) is 0 Å². The van der Waals surface area contributed by atoms with E-state index >= 15 is 0 Å². The molecule has 1 fully saturated rings. The first-order valence-corrected chi connectivity index (χ1v) is 4.91. The van der Waals surface area contributed by atoms with Crippen LogP contribution in [-0.2, 0) is 14.3 Å². The molecule has 0 bridgehead atoms. The van der Waals surface area contributed by atoms with E-state index in [1.165, 1.54) is 0 Å². The molecule has 1 unspecified atom stereocenters. The van der Waals surface area contributed by atoms with E-state index in [9.17, 15) is 9.59 Å². The van der Waals surface area contributed by atoms with Gasteiger partial charge in [0, 0.05) is 0 Å². The fourth-order valence-corrected chi connectivity index (χ4v) is 1.91. The molecule has 0 radical (unpaired) electrons. The van der Waals surface area contributed by atoms with Gasteiger partial charge in [0.1, 0.15) is 12.2 Å². The highest BCUT2D eigenvalue weighted by atomic mass is 16.5. The van der Waals surface area contributed by atoms with E-state index in [2.05, 4.69) is 0 Å². The van der Waals surface area contributed by atoms with E-state index in [0.717, 1.165) is 32.0 Å². The summed E-state index contributed by atoms with van der Waals surface area (Å²) in [4.78, 5) is 22.0.